The molecule has 7 nitrogen and oxygen atoms in total. The van der Waals surface area contributed by atoms with Crippen LogP contribution in [0.5, 0.6) is 0 Å². The number of carbonyl (C=O) groups is 1. The Labute approximate surface area is 146 Å². The number of hydrogen-bond acceptors (Lipinski definition) is 5. The van der Waals surface area contributed by atoms with Gasteiger partial charge in [-0.15, -0.1) is 8.72 Å². The Bertz CT molecular complexity index is 993. The third kappa shape index (κ3) is 4.60. The maximum Gasteiger partial charge on any atom is 0.332 e. The van der Waals surface area contributed by atoms with Crippen molar-refractivity contribution in [2.75, 3.05) is 0 Å². The third-order valence-electron chi connectivity index (χ3n) is 2.78. The van der Waals surface area contributed by atoms with Crippen molar-refractivity contribution in [2.24, 2.45) is 0 Å². The molecular formula is C13H10BrFN2O5S2. The largest absolute Gasteiger partial charge is 0.332 e. The highest BCUT2D eigenvalue weighted by molar-refractivity contribution is 9.10. The molecule has 0 spiro atoms. The summed E-state index contributed by atoms with van der Waals surface area (Å²) < 4.78 is 59.4. The van der Waals surface area contributed by atoms with Crippen LogP contribution < -0.4 is 10.3 Å². The lowest BCUT2D eigenvalue weighted by molar-refractivity contribution is 0.0945. The van der Waals surface area contributed by atoms with Crippen LogP contribution in [0.4, 0.5) is 3.89 Å². The minimum Gasteiger partial charge on any atom is -0.273 e. The zero-order valence-corrected chi connectivity index (χ0v) is 15.0. The minimum atomic E-state index is -5.05. The van der Waals surface area contributed by atoms with E-state index in [1.54, 1.807) is 12.1 Å². The molecule has 0 saturated carbocycles. The summed E-state index contributed by atoms with van der Waals surface area (Å²) in [6.45, 7) is 0. The average Bonchev–Trinajstić information content (AvgIpc) is 2.52. The van der Waals surface area contributed by atoms with E-state index in [1.165, 1.54) is 12.1 Å². The number of carbonyl (C=O) groups excluding carboxylic acids is 1. The van der Waals surface area contributed by atoms with Crippen molar-refractivity contribution in [3.8, 4) is 0 Å². The van der Waals surface area contributed by atoms with Gasteiger partial charge in [-0.25, -0.2) is 8.42 Å². The van der Waals surface area contributed by atoms with E-state index in [-0.39, 0.29) is 5.56 Å². The van der Waals surface area contributed by atoms with Crippen LogP contribution in [0.2, 0.25) is 0 Å². The van der Waals surface area contributed by atoms with E-state index >= 15 is 0 Å². The molecule has 0 radical (unpaired) electrons. The van der Waals surface area contributed by atoms with Crippen LogP contribution in [-0.4, -0.2) is 22.7 Å². The first-order valence-corrected chi connectivity index (χ1v) is 9.88. The van der Waals surface area contributed by atoms with Crippen LogP contribution in [-0.2, 0) is 20.2 Å². The lowest BCUT2D eigenvalue weighted by Gasteiger charge is -2.09. The van der Waals surface area contributed by atoms with Crippen molar-refractivity contribution in [1.29, 1.82) is 0 Å². The molecule has 0 aliphatic rings. The number of hydrazine groups is 1. The van der Waals surface area contributed by atoms with E-state index in [4.69, 9.17) is 0 Å². The summed E-state index contributed by atoms with van der Waals surface area (Å²) in [5, 5.41) is 0. The van der Waals surface area contributed by atoms with Crippen molar-refractivity contribution in [3.05, 3.63) is 58.6 Å². The monoisotopic (exact) mass is 436 g/mol. The number of benzene rings is 2. The van der Waals surface area contributed by atoms with Gasteiger partial charge in [0.1, 0.15) is 0 Å². The van der Waals surface area contributed by atoms with E-state index in [0.717, 1.165) is 18.2 Å². The smallest absolute Gasteiger partial charge is 0.273 e. The zero-order valence-electron chi connectivity index (χ0n) is 11.7. The molecule has 2 aromatic carbocycles. The molecule has 24 heavy (non-hydrogen) atoms. The first-order chi connectivity index (χ1) is 11.1. The number of rotatable bonds is 5. The van der Waals surface area contributed by atoms with Gasteiger partial charge in [0.15, 0.2) is 0 Å². The van der Waals surface area contributed by atoms with Crippen molar-refractivity contribution in [3.63, 3.8) is 0 Å². The Balaban J connectivity index is 2.19. The quantitative estimate of drug-likeness (QED) is 0.547. The molecule has 0 heterocycles. The molecule has 0 aliphatic heterocycles. The van der Waals surface area contributed by atoms with Crippen molar-refractivity contribution < 1.29 is 25.5 Å². The maximum atomic E-state index is 12.9. The molecule has 0 atom stereocenters. The van der Waals surface area contributed by atoms with E-state index in [9.17, 15) is 25.5 Å². The Morgan fingerprint density at radius 1 is 0.958 bits per heavy atom. The summed E-state index contributed by atoms with van der Waals surface area (Å²) in [4.78, 5) is 12.4. The van der Waals surface area contributed by atoms with Crippen molar-refractivity contribution in [2.45, 2.75) is 9.79 Å². The molecule has 0 aromatic heterocycles. The molecule has 0 aliphatic carbocycles. The predicted octanol–water partition coefficient (Wildman–Crippen LogP) is 1.73. The number of hydrogen-bond donors (Lipinski definition) is 2. The number of nitrogens with one attached hydrogen (secondary N) is 2. The second kappa shape index (κ2) is 6.97. The Kier molecular flexibility index (Phi) is 5.38. The zero-order chi connectivity index (χ0) is 18.0. The summed E-state index contributed by atoms with van der Waals surface area (Å²) in [5.74, 6) is -0.728. The van der Waals surface area contributed by atoms with Crippen LogP contribution in [0, 0.1) is 0 Å². The lowest BCUT2D eigenvalue weighted by Crippen LogP contribution is -2.41. The average molecular weight is 437 g/mol. The normalized spacial score (nSPS) is 11.9. The fourth-order valence-electron chi connectivity index (χ4n) is 1.67. The Morgan fingerprint density at radius 2 is 1.58 bits per heavy atom. The van der Waals surface area contributed by atoms with E-state index in [2.05, 4.69) is 15.9 Å². The highest BCUT2D eigenvalue weighted by Gasteiger charge is 2.19. The standard InChI is InChI=1S/C13H10BrFN2O5S2/c14-10-4-1-3-9(7-10)13(18)16-17-24(21,22)12-6-2-5-11(8-12)23(15,19)20/h1-8,17H,(H,16,18). The molecule has 2 aromatic rings. The van der Waals surface area contributed by atoms with E-state index < -0.39 is 35.9 Å². The molecule has 1 amide bonds. The first kappa shape index (κ1) is 18.5. The van der Waals surface area contributed by atoms with Crippen molar-refractivity contribution >= 4 is 42.1 Å². The minimum absolute atomic E-state index is 0.187. The van der Waals surface area contributed by atoms with Gasteiger partial charge < -0.3 is 0 Å². The summed E-state index contributed by atoms with van der Waals surface area (Å²) >= 11 is 3.17. The van der Waals surface area contributed by atoms with Crippen LogP contribution in [0.15, 0.2) is 62.8 Å². The molecule has 2 N–H and O–H groups in total. The Morgan fingerprint density at radius 3 is 2.21 bits per heavy atom. The van der Waals surface area contributed by atoms with Gasteiger partial charge in [-0.1, -0.05) is 28.1 Å². The summed E-state index contributed by atoms with van der Waals surface area (Å²) in [7, 11) is -9.33. The second-order valence-electron chi connectivity index (χ2n) is 4.48. The first-order valence-electron chi connectivity index (χ1n) is 6.22. The van der Waals surface area contributed by atoms with Gasteiger partial charge >= 0.3 is 10.2 Å². The Hall–Kier alpha value is -1.82. The lowest BCUT2D eigenvalue weighted by atomic mass is 10.2. The molecule has 2 rings (SSSR count). The topological polar surface area (TPSA) is 109 Å². The number of amides is 1. The fraction of sp³-hybridized carbons (Fsp3) is 0. The van der Waals surface area contributed by atoms with Crippen LogP contribution >= 0.6 is 15.9 Å². The van der Waals surface area contributed by atoms with Crippen molar-refractivity contribution in [1.82, 2.24) is 10.3 Å². The fourth-order valence-corrected chi connectivity index (χ4v) is 3.53. The SMILES string of the molecule is O=C(NNS(=O)(=O)c1cccc(S(=O)(=O)F)c1)c1cccc(Br)c1. The van der Waals surface area contributed by atoms with Gasteiger partial charge in [-0.2, -0.15) is 8.42 Å². The maximum absolute atomic E-state index is 12.9. The van der Waals surface area contributed by atoms with Crippen LogP contribution in [0.3, 0.4) is 0 Å². The van der Waals surface area contributed by atoms with Gasteiger partial charge in [0.2, 0.25) is 0 Å². The van der Waals surface area contributed by atoms with Gasteiger partial charge in [0.05, 0.1) is 9.79 Å². The molecule has 128 valence electrons. The summed E-state index contributed by atoms with van der Waals surface area (Å²) in [6.07, 6.45) is 0. The molecule has 0 saturated heterocycles. The highest BCUT2D eigenvalue weighted by Crippen LogP contribution is 2.17. The molecule has 0 unspecified atom stereocenters. The van der Waals surface area contributed by atoms with Gasteiger partial charge in [0, 0.05) is 10.0 Å². The number of halogens is 2. The van der Waals surface area contributed by atoms with Crippen LogP contribution in [0.25, 0.3) is 0 Å². The molecule has 0 bridgehead atoms. The van der Waals surface area contributed by atoms with E-state index in [1.807, 2.05) is 10.3 Å². The molecule has 11 heteroatoms. The number of sulfonamides is 1. The van der Waals surface area contributed by atoms with Gasteiger partial charge in [0.25, 0.3) is 15.9 Å². The predicted molar refractivity (Wildman–Crippen MR) is 86.7 cm³/mol. The third-order valence-corrected chi connectivity index (χ3v) is 5.34. The van der Waals surface area contributed by atoms with Gasteiger partial charge in [-0.3, -0.25) is 10.2 Å². The molecule has 0 fully saturated rings. The summed E-state index contributed by atoms with van der Waals surface area (Å²) in [6, 6.07) is 9.88. The van der Waals surface area contributed by atoms with E-state index in [0.29, 0.717) is 10.5 Å². The van der Waals surface area contributed by atoms with Gasteiger partial charge in [-0.05, 0) is 36.4 Å². The highest BCUT2D eigenvalue weighted by atomic mass is 79.9. The second-order valence-corrected chi connectivity index (χ2v) is 8.43. The summed E-state index contributed by atoms with van der Waals surface area (Å²) in [5.41, 5.74) is 2.17. The van der Waals surface area contributed by atoms with Crippen LogP contribution in [0.1, 0.15) is 10.4 Å². The molecular weight excluding hydrogens is 427 g/mol.